The molecule has 0 atom stereocenters. The second-order valence-electron chi connectivity index (χ2n) is 7.46. The van der Waals surface area contributed by atoms with Gasteiger partial charge in [-0.05, 0) is 29.8 Å². The second-order valence-corrected chi connectivity index (χ2v) is 7.46. The molecule has 2 aromatic heterocycles. The van der Waals surface area contributed by atoms with Crippen molar-refractivity contribution in [1.82, 2.24) is 9.97 Å². The first-order chi connectivity index (χ1) is 13.4. The third-order valence-corrected chi connectivity index (χ3v) is 5.80. The number of rotatable bonds is 4. The Labute approximate surface area is 159 Å². The Hall–Kier alpha value is -2.85. The molecular weight excluding hydrogens is 332 g/mol. The number of hydrogen-bond acceptors (Lipinski definition) is 2. The molecule has 1 saturated heterocycles. The zero-order valence-corrected chi connectivity index (χ0v) is 15.5. The zero-order valence-electron chi connectivity index (χ0n) is 15.5. The summed E-state index contributed by atoms with van der Waals surface area (Å²) in [6, 6.07) is 21.3. The number of pyridine rings is 1. The fraction of sp³-hybridized carbons (Fsp3) is 0.261. The predicted molar refractivity (Wildman–Crippen MR) is 112 cm³/mol. The summed E-state index contributed by atoms with van der Waals surface area (Å²) in [6.07, 6.45) is 3.31. The van der Waals surface area contributed by atoms with Crippen molar-refractivity contribution in [2.24, 2.45) is 0 Å². The van der Waals surface area contributed by atoms with Crippen LogP contribution in [0.25, 0.3) is 21.8 Å². The van der Waals surface area contributed by atoms with E-state index >= 15 is 0 Å². The lowest BCUT2D eigenvalue weighted by molar-refractivity contribution is -0.900. The summed E-state index contributed by atoms with van der Waals surface area (Å²) >= 11 is 0. The third-order valence-electron chi connectivity index (χ3n) is 5.80. The fourth-order valence-corrected chi connectivity index (χ4v) is 4.18. The lowest BCUT2D eigenvalue weighted by atomic mass is 10.1. The van der Waals surface area contributed by atoms with Crippen molar-refractivity contribution < 1.29 is 4.90 Å². The van der Waals surface area contributed by atoms with E-state index in [1.54, 1.807) is 4.90 Å². The van der Waals surface area contributed by atoms with Crippen LogP contribution in [-0.2, 0) is 6.42 Å². The minimum atomic E-state index is 1.08. The number of aromatic nitrogens is 2. The maximum Gasteiger partial charge on any atom is 0.129 e. The Morgan fingerprint density at radius 3 is 2.67 bits per heavy atom. The van der Waals surface area contributed by atoms with Gasteiger partial charge in [-0.1, -0.05) is 36.4 Å². The summed E-state index contributed by atoms with van der Waals surface area (Å²) in [5.41, 5.74) is 3.77. The first-order valence-corrected chi connectivity index (χ1v) is 9.86. The summed E-state index contributed by atoms with van der Waals surface area (Å²) in [7, 11) is 0. The van der Waals surface area contributed by atoms with Gasteiger partial charge in [0, 0.05) is 28.9 Å². The molecule has 2 N–H and O–H groups in total. The van der Waals surface area contributed by atoms with E-state index in [0.29, 0.717) is 0 Å². The van der Waals surface area contributed by atoms with Gasteiger partial charge in [0.2, 0.25) is 0 Å². The maximum atomic E-state index is 4.86. The highest BCUT2D eigenvalue weighted by molar-refractivity contribution is 5.83. The van der Waals surface area contributed by atoms with Gasteiger partial charge < -0.3 is 14.8 Å². The summed E-state index contributed by atoms with van der Waals surface area (Å²) in [4.78, 5) is 12.4. The molecule has 0 aliphatic carbocycles. The van der Waals surface area contributed by atoms with Gasteiger partial charge in [-0.2, -0.15) is 0 Å². The molecule has 0 radical (unpaired) electrons. The first kappa shape index (κ1) is 16.3. The number of para-hydroxylation sites is 2. The molecule has 136 valence electrons. The van der Waals surface area contributed by atoms with Gasteiger partial charge in [-0.15, -0.1) is 0 Å². The molecule has 5 rings (SSSR count). The lowest BCUT2D eigenvalue weighted by Gasteiger charge is -2.33. The monoisotopic (exact) mass is 357 g/mol. The predicted octanol–water partition coefficient (Wildman–Crippen LogP) is 2.66. The molecule has 1 aliphatic rings. The summed E-state index contributed by atoms with van der Waals surface area (Å²) in [5.74, 6) is 1.12. The van der Waals surface area contributed by atoms with E-state index in [2.05, 4.69) is 76.7 Å². The quantitative estimate of drug-likeness (QED) is 0.589. The minimum Gasteiger partial charge on any atom is -0.361 e. The smallest absolute Gasteiger partial charge is 0.129 e. The Morgan fingerprint density at radius 2 is 1.74 bits per heavy atom. The number of anilines is 1. The summed E-state index contributed by atoms with van der Waals surface area (Å²) in [5, 5.41) is 2.58. The van der Waals surface area contributed by atoms with Crippen LogP contribution in [0.2, 0.25) is 0 Å². The first-order valence-electron chi connectivity index (χ1n) is 9.86. The maximum absolute atomic E-state index is 4.86. The molecule has 0 bridgehead atoms. The van der Waals surface area contributed by atoms with E-state index in [1.807, 2.05) is 0 Å². The Balaban J connectivity index is 1.21. The van der Waals surface area contributed by atoms with E-state index in [9.17, 15) is 0 Å². The van der Waals surface area contributed by atoms with Crippen molar-refractivity contribution in [3.8, 4) is 0 Å². The normalized spacial score (nSPS) is 15.6. The van der Waals surface area contributed by atoms with Crippen LogP contribution in [0.15, 0.2) is 66.9 Å². The average molecular weight is 357 g/mol. The third kappa shape index (κ3) is 3.28. The number of nitrogens with zero attached hydrogens (tertiary/aromatic N) is 2. The molecule has 2 aromatic carbocycles. The highest BCUT2D eigenvalue weighted by atomic mass is 15.3. The van der Waals surface area contributed by atoms with Gasteiger partial charge in [0.05, 0.1) is 38.2 Å². The number of quaternary nitrogens is 1. The van der Waals surface area contributed by atoms with Crippen LogP contribution in [0, 0.1) is 0 Å². The van der Waals surface area contributed by atoms with Crippen LogP contribution in [0.1, 0.15) is 5.56 Å². The van der Waals surface area contributed by atoms with Gasteiger partial charge in [-0.25, -0.2) is 4.98 Å². The van der Waals surface area contributed by atoms with E-state index in [-0.39, 0.29) is 0 Å². The number of benzene rings is 2. The van der Waals surface area contributed by atoms with Crippen molar-refractivity contribution in [2.75, 3.05) is 37.6 Å². The summed E-state index contributed by atoms with van der Waals surface area (Å²) < 4.78 is 0. The number of piperazine rings is 1. The van der Waals surface area contributed by atoms with Gasteiger partial charge in [-0.3, -0.25) is 0 Å². The van der Waals surface area contributed by atoms with Gasteiger partial charge in [0.15, 0.2) is 0 Å². The van der Waals surface area contributed by atoms with Crippen LogP contribution in [-0.4, -0.2) is 42.7 Å². The fourth-order valence-electron chi connectivity index (χ4n) is 4.18. The molecule has 0 amide bonds. The number of H-pyrrole nitrogens is 1. The lowest BCUT2D eigenvalue weighted by Crippen LogP contribution is -3.15. The highest BCUT2D eigenvalue weighted by Gasteiger charge is 2.21. The van der Waals surface area contributed by atoms with Gasteiger partial charge in [0.25, 0.3) is 0 Å². The van der Waals surface area contributed by atoms with Crippen LogP contribution in [0.5, 0.6) is 0 Å². The van der Waals surface area contributed by atoms with Crippen LogP contribution in [0.3, 0.4) is 0 Å². The van der Waals surface area contributed by atoms with E-state index in [0.717, 1.165) is 30.8 Å². The summed E-state index contributed by atoms with van der Waals surface area (Å²) in [6.45, 7) is 5.71. The topological polar surface area (TPSA) is 36.4 Å². The largest absolute Gasteiger partial charge is 0.361 e. The van der Waals surface area contributed by atoms with Crippen molar-refractivity contribution in [1.29, 1.82) is 0 Å². The second kappa shape index (κ2) is 7.05. The molecule has 1 aliphatic heterocycles. The molecule has 0 saturated carbocycles. The molecule has 4 aromatic rings. The molecule has 4 nitrogen and oxygen atoms in total. The van der Waals surface area contributed by atoms with Crippen LogP contribution < -0.4 is 9.80 Å². The van der Waals surface area contributed by atoms with Gasteiger partial charge in [0.1, 0.15) is 5.82 Å². The minimum absolute atomic E-state index is 1.08. The van der Waals surface area contributed by atoms with E-state index < -0.39 is 0 Å². The van der Waals surface area contributed by atoms with Crippen molar-refractivity contribution in [3.05, 3.63) is 72.4 Å². The molecule has 4 heteroatoms. The van der Waals surface area contributed by atoms with Crippen molar-refractivity contribution in [3.63, 3.8) is 0 Å². The highest BCUT2D eigenvalue weighted by Crippen LogP contribution is 2.19. The zero-order chi connectivity index (χ0) is 18.1. The van der Waals surface area contributed by atoms with E-state index in [4.69, 9.17) is 4.98 Å². The number of aromatic amines is 1. The van der Waals surface area contributed by atoms with Gasteiger partial charge >= 0.3 is 0 Å². The van der Waals surface area contributed by atoms with Crippen molar-refractivity contribution in [2.45, 2.75) is 6.42 Å². The average Bonchev–Trinajstić information content (AvgIpc) is 3.15. The molecule has 27 heavy (non-hydrogen) atoms. The van der Waals surface area contributed by atoms with Crippen LogP contribution >= 0.6 is 0 Å². The molecular formula is C23H25N4+. The SMILES string of the molecule is c1ccc2nc(N3CC[NH+](CCc4c[nH]c5ccccc45)CC3)ccc2c1. The Morgan fingerprint density at radius 1 is 0.926 bits per heavy atom. The number of hydrogen-bond donors (Lipinski definition) is 2. The molecule has 1 fully saturated rings. The molecule has 3 heterocycles. The molecule has 0 spiro atoms. The number of fused-ring (bicyclic) bond motifs is 2. The number of nitrogens with one attached hydrogen (secondary N) is 2. The molecule has 0 unspecified atom stereocenters. The van der Waals surface area contributed by atoms with Crippen LogP contribution in [0.4, 0.5) is 5.82 Å². The Kier molecular flexibility index (Phi) is 4.26. The standard InChI is InChI=1S/C23H24N4/c1-3-7-21-18(5-1)9-10-23(25-21)27-15-13-26(14-16-27)12-11-19-17-24-22-8-4-2-6-20(19)22/h1-10,17,24H,11-16H2/p+1. The van der Waals surface area contributed by atoms with E-state index in [1.165, 1.54) is 41.5 Å². The Bertz CT molecular complexity index is 1060. The van der Waals surface area contributed by atoms with Crippen molar-refractivity contribution >= 4 is 27.6 Å².